The lowest BCUT2D eigenvalue weighted by atomic mass is 10.1. The Balaban J connectivity index is 2.02. The summed E-state index contributed by atoms with van der Waals surface area (Å²) in [5.74, 6) is -0.627. The lowest BCUT2D eigenvalue weighted by molar-refractivity contribution is 0.627. The van der Waals surface area contributed by atoms with Crippen molar-refractivity contribution in [2.75, 3.05) is 5.73 Å². The highest BCUT2D eigenvalue weighted by Gasteiger charge is 2.09. The normalized spacial score (nSPS) is 10.7. The second-order valence-electron chi connectivity index (χ2n) is 4.36. The smallest absolute Gasteiger partial charge is 0.123 e. The number of anilines is 1. The Labute approximate surface area is 114 Å². The van der Waals surface area contributed by atoms with Crippen LogP contribution < -0.4 is 5.73 Å². The quantitative estimate of drug-likeness (QED) is 0.776. The summed E-state index contributed by atoms with van der Waals surface area (Å²) in [7, 11) is 0. The van der Waals surface area contributed by atoms with Crippen LogP contribution in [0.1, 0.15) is 0 Å². The summed E-state index contributed by atoms with van der Waals surface area (Å²) in [6, 6.07) is 11.9. The Morgan fingerprint density at radius 2 is 1.40 bits per heavy atom. The van der Waals surface area contributed by atoms with Crippen molar-refractivity contribution in [1.29, 1.82) is 0 Å². The molecule has 0 aliphatic heterocycles. The minimum Gasteiger partial charge on any atom is -0.396 e. The van der Waals surface area contributed by atoms with Crippen LogP contribution in [0.4, 0.5) is 14.5 Å². The van der Waals surface area contributed by atoms with Gasteiger partial charge in [0.25, 0.3) is 0 Å². The van der Waals surface area contributed by atoms with Gasteiger partial charge in [0.1, 0.15) is 17.3 Å². The van der Waals surface area contributed by atoms with Gasteiger partial charge in [-0.05, 0) is 48.5 Å². The molecule has 0 aliphatic rings. The number of rotatable bonds is 2. The third kappa shape index (κ3) is 2.25. The third-order valence-corrected chi connectivity index (χ3v) is 2.95. The molecule has 0 saturated heterocycles. The van der Waals surface area contributed by atoms with Gasteiger partial charge in [-0.25, -0.2) is 13.5 Å². The molecule has 2 aromatic carbocycles. The zero-order chi connectivity index (χ0) is 14.1. The first-order valence-corrected chi connectivity index (χ1v) is 6.00. The van der Waals surface area contributed by atoms with Crippen molar-refractivity contribution in [3.05, 3.63) is 66.4 Å². The molecule has 0 aliphatic carbocycles. The van der Waals surface area contributed by atoms with Gasteiger partial charge in [-0.15, -0.1) is 0 Å². The molecule has 0 unspecified atom stereocenters. The molecule has 1 aromatic heterocycles. The molecule has 5 heteroatoms. The fourth-order valence-electron chi connectivity index (χ4n) is 1.95. The van der Waals surface area contributed by atoms with Gasteiger partial charge in [-0.1, -0.05) is 0 Å². The van der Waals surface area contributed by atoms with E-state index >= 15 is 0 Å². The first-order valence-electron chi connectivity index (χ1n) is 6.00. The Morgan fingerprint density at radius 3 is 2.00 bits per heavy atom. The van der Waals surface area contributed by atoms with Gasteiger partial charge in [-0.2, -0.15) is 5.10 Å². The number of halogens is 2. The lowest BCUT2D eigenvalue weighted by Crippen LogP contribution is -1.94. The molecule has 3 rings (SSSR count). The summed E-state index contributed by atoms with van der Waals surface area (Å²) in [6.45, 7) is 0. The number of hydrogen-bond acceptors (Lipinski definition) is 2. The Hall–Kier alpha value is -2.69. The molecule has 1 heterocycles. The fraction of sp³-hybridized carbons (Fsp3) is 0. The molecule has 100 valence electrons. The summed E-state index contributed by atoms with van der Waals surface area (Å²) in [5, 5.41) is 4.36. The van der Waals surface area contributed by atoms with Crippen molar-refractivity contribution in [1.82, 2.24) is 9.78 Å². The molecule has 0 amide bonds. The zero-order valence-electron chi connectivity index (χ0n) is 10.4. The highest BCUT2D eigenvalue weighted by molar-refractivity contribution is 5.72. The van der Waals surface area contributed by atoms with Gasteiger partial charge in [0.2, 0.25) is 0 Å². The maximum absolute atomic E-state index is 12.9. The van der Waals surface area contributed by atoms with E-state index in [9.17, 15) is 8.78 Å². The molecular formula is C15H11F2N3. The monoisotopic (exact) mass is 271 g/mol. The van der Waals surface area contributed by atoms with Gasteiger partial charge in [-0.3, -0.25) is 0 Å². The van der Waals surface area contributed by atoms with Crippen LogP contribution in [0.15, 0.2) is 54.7 Å². The molecule has 0 spiro atoms. The van der Waals surface area contributed by atoms with Crippen molar-refractivity contribution >= 4 is 5.69 Å². The number of aromatic nitrogens is 2. The Kier molecular flexibility index (Phi) is 2.95. The van der Waals surface area contributed by atoms with E-state index in [1.165, 1.54) is 24.3 Å². The highest BCUT2D eigenvalue weighted by atomic mass is 19.1. The van der Waals surface area contributed by atoms with Gasteiger partial charge in [0.15, 0.2) is 0 Å². The van der Waals surface area contributed by atoms with Crippen LogP contribution in [0.3, 0.4) is 0 Å². The van der Waals surface area contributed by atoms with E-state index in [1.807, 2.05) is 0 Å². The summed E-state index contributed by atoms with van der Waals surface area (Å²) >= 11 is 0. The number of hydrogen-bond donors (Lipinski definition) is 1. The summed E-state index contributed by atoms with van der Waals surface area (Å²) in [5.41, 5.74) is 8.39. The van der Waals surface area contributed by atoms with Gasteiger partial charge in [0, 0.05) is 5.56 Å². The average Bonchev–Trinajstić information content (AvgIpc) is 2.82. The first kappa shape index (κ1) is 12.3. The Morgan fingerprint density at radius 1 is 0.850 bits per heavy atom. The van der Waals surface area contributed by atoms with Crippen molar-refractivity contribution in [2.45, 2.75) is 0 Å². The Bertz CT molecular complexity index is 731. The van der Waals surface area contributed by atoms with Crippen LogP contribution in [-0.2, 0) is 0 Å². The summed E-state index contributed by atoms with van der Waals surface area (Å²) < 4.78 is 27.4. The highest BCUT2D eigenvalue weighted by Crippen LogP contribution is 2.25. The largest absolute Gasteiger partial charge is 0.396 e. The third-order valence-electron chi connectivity index (χ3n) is 2.95. The van der Waals surface area contributed by atoms with Crippen LogP contribution in [0, 0.1) is 11.6 Å². The number of nitrogens with zero attached hydrogens (tertiary/aromatic N) is 2. The van der Waals surface area contributed by atoms with E-state index in [4.69, 9.17) is 5.73 Å². The van der Waals surface area contributed by atoms with E-state index < -0.39 is 0 Å². The van der Waals surface area contributed by atoms with E-state index in [2.05, 4.69) is 5.10 Å². The van der Waals surface area contributed by atoms with E-state index in [-0.39, 0.29) is 11.6 Å². The molecule has 0 radical (unpaired) electrons. The molecule has 3 nitrogen and oxygen atoms in total. The van der Waals surface area contributed by atoms with Gasteiger partial charge >= 0.3 is 0 Å². The first-order chi connectivity index (χ1) is 9.63. The topological polar surface area (TPSA) is 43.8 Å². The van der Waals surface area contributed by atoms with Crippen LogP contribution in [0.25, 0.3) is 16.9 Å². The summed E-state index contributed by atoms with van der Waals surface area (Å²) in [6.07, 6.45) is 1.64. The van der Waals surface area contributed by atoms with E-state index in [0.717, 1.165) is 5.56 Å². The molecule has 0 saturated carbocycles. The molecule has 0 atom stereocenters. The van der Waals surface area contributed by atoms with E-state index in [0.29, 0.717) is 17.1 Å². The van der Waals surface area contributed by atoms with Crippen LogP contribution in [0.2, 0.25) is 0 Å². The summed E-state index contributed by atoms with van der Waals surface area (Å²) in [4.78, 5) is 0. The second-order valence-corrected chi connectivity index (χ2v) is 4.36. The average molecular weight is 271 g/mol. The number of nitrogens with two attached hydrogens (primary N) is 1. The van der Waals surface area contributed by atoms with Crippen molar-refractivity contribution < 1.29 is 8.78 Å². The van der Waals surface area contributed by atoms with Crippen LogP contribution >= 0.6 is 0 Å². The zero-order valence-corrected chi connectivity index (χ0v) is 10.4. The molecular weight excluding hydrogens is 260 g/mol. The van der Waals surface area contributed by atoms with Crippen LogP contribution in [0.5, 0.6) is 0 Å². The molecule has 20 heavy (non-hydrogen) atoms. The van der Waals surface area contributed by atoms with Gasteiger partial charge < -0.3 is 5.73 Å². The lowest BCUT2D eigenvalue weighted by Gasteiger charge is -2.00. The van der Waals surface area contributed by atoms with Crippen molar-refractivity contribution in [2.24, 2.45) is 0 Å². The minimum absolute atomic E-state index is 0.312. The molecule has 0 fully saturated rings. The fourth-order valence-corrected chi connectivity index (χ4v) is 1.95. The molecule has 0 bridgehead atoms. The standard InChI is InChI=1S/C15H11F2N3/c16-11-3-1-10(2-4-11)15-14(18)9-20(19-15)13-7-5-12(17)6-8-13/h1-9H,18H2. The predicted molar refractivity (Wildman–Crippen MR) is 73.3 cm³/mol. The second kappa shape index (κ2) is 4.77. The van der Waals surface area contributed by atoms with E-state index in [1.54, 1.807) is 35.1 Å². The molecule has 3 aromatic rings. The van der Waals surface area contributed by atoms with Crippen LogP contribution in [-0.4, -0.2) is 9.78 Å². The molecule has 2 N–H and O–H groups in total. The van der Waals surface area contributed by atoms with Gasteiger partial charge in [0.05, 0.1) is 17.6 Å². The predicted octanol–water partition coefficient (Wildman–Crippen LogP) is 3.40. The number of nitrogen functional groups attached to an aromatic ring is 1. The SMILES string of the molecule is Nc1cn(-c2ccc(F)cc2)nc1-c1ccc(F)cc1. The number of benzene rings is 2. The maximum Gasteiger partial charge on any atom is 0.123 e. The minimum atomic E-state index is -0.315. The van der Waals surface area contributed by atoms with Crippen molar-refractivity contribution in [3.63, 3.8) is 0 Å². The maximum atomic E-state index is 12.9. The van der Waals surface area contributed by atoms with Crippen molar-refractivity contribution in [3.8, 4) is 16.9 Å².